The summed E-state index contributed by atoms with van der Waals surface area (Å²) in [5.74, 6) is 0.241. The first-order chi connectivity index (χ1) is 6.75. The highest BCUT2D eigenvalue weighted by atomic mass is 16.3. The molecule has 0 amide bonds. The topological polar surface area (TPSA) is 46.0 Å². The number of aromatic hydroxyl groups is 1. The van der Waals surface area contributed by atoms with E-state index in [1.165, 1.54) is 0 Å². The molecule has 3 nitrogen and oxygen atoms in total. The first-order valence-corrected chi connectivity index (χ1v) is 4.34. The highest BCUT2D eigenvalue weighted by molar-refractivity contribution is 5.60. The van der Waals surface area contributed by atoms with Crippen LogP contribution in [0.3, 0.4) is 0 Å². The van der Waals surface area contributed by atoms with Gasteiger partial charge >= 0.3 is 0 Å². The third-order valence-electron chi connectivity index (χ3n) is 1.93. The number of phenols is 1. The van der Waals surface area contributed by atoms with Crippen LogP contribution in [0.2, 0.25) is 0 Å². The Labute approximate surface area is 82.1 Å². The van der Waals surface area contributed by atoms with Gasteiger partial charge in [0.15, 0.2) is 0 Å². The zero-order valence-corrected chi connectivity index (χ0v) is 7.81. The molecule has 0 aliphatic rings. The molecule has 1 N–H and O–H groups in total. The molecule has 3 heteroatoms. The molecule has 1 heterocycles. The second-order valence-electron chi connectivity index (χ2n) is 3.17. The molecule has 0 unspecified atom stereocenters. The van der Waals surface area contributed by atoms with E-state index in [9.17, 15) is 5.11 Å². The van der Waals surface area contributed by atoms with Gasteiger partial charge in [0.1, 0.15) is 5.75 Å². The van der Waals surface area contributed by atoms with Crippen LogP contribution in [0.5, 0.6) is 5.75 Å². The van der Waals surface area contributed by atoms with Gasteiger partial charge in [-0.3, -0.25) is 0 Å². The summed E-state index contributed by atoms with van der Waals surface area (Å²) in [5, 5.41) is 17.1. The van der Waals surface area contributed by atoms with Gasteiger partial charge in [-0.05, 0) is 30.7 Å². The first kappa shape index (κ1) is 8.69. The van der Waals surface area contributed by atoms with Crippen molar-refractivity contribution in [2.24, 2.45) is 0 Å². The average molecular weight is 186 g/mol. The molecule has 0 bridgehead atoms. The predicted molar refractivity (Wildman–Crippen MR) is 53.9 cm³/mol. The average Bonchev–Trinajstić information content (AvgIpc) is 2.18. The Kier molecular flexibility index (Phi) is 2.14. The minimum atomic E-state index is 0.241. The minimum Gasteiger partial charge on any atom is -0.508 e. The number of hydrogen-bond donors (Lipinski definition) is 1. The zero-order chi connectivity index (χ0) is 9.97. The third-order valence-corrected chi connectivity index (χ3v) is 1.93. The molecule has 0 saturated carbocycles. The molecule has 0 saturated heterocycles. The third kappa shape index (κ3) is 1.71. The van der Waals surface area contributed by atoms with Gasteiger partial charge < -0.3 is 5.11 Å². The normalized spacial score (nSPS) is 10.1. The summed E-state index contributed by atoms with van der Waals surface area (Å²) in [4.78, 5) is 0. The van der Waals surface area contributed by atoms with Crippen LogP contribution in [0.25, 0.3) is 11.3 Å². The van der Waals surface area contributed by atoms with Crippen molar-refractivity contribution >= 4 is 0 Å². The molecule has 1 aromatic carbocycles. The maximum Gasteiger partial charge on any atom is 0.116 e. The second-order valence-corrected chi connectivity index (χ2v) is 3.17. The fraction of sp³-hybridized carbons (Fsp3) is 0.0909. The van der Waals surface area contributed by atoms with E-state index in [0.717, 1.165) is 16.8 Å². The number of rotatable bonds is 1. The monoisotopic (exact) mass is 186 g/mol. The Bertz CT molecular complexity index is 411. The van der Waals surface area contributed by atoms with E-state index in [1.807, 2.05) is 19.1 Å². The zero-order valence-electron chi connectivity index (χ0n) is 7.81. The summed E-state index contributed by atoms with van der Waals surface area (Å²) in [6.07, 6.45) is 1.70. The van der Waals surface area contributed by atoms with Crippen molar-refractivity contribution in [2.75, 3.05) is 0 Å². The van der Waals surface area contributed by atoms with Crippen molar-refractivity contribution in [3.05, 3.63) is 42.1 Å². The molecule has 0 aliphatic heterocycles. The fourth-order valence-corrected chi connectivity index (χ4v) is 1.27. The van der Waals surface area contributed by atoms with Crippen LogP contribution in [-0.2, 0) is 0 Å². The number of phenolic OH excluding ortho intramolecular Hbond substituents is 1. The van der Waals surface area contributed by atoms with E-state index in [0.29, 0.717) is 0 Å². The fourth-order valence-electron chi connectivity index (χ4n) is 1.27. The van der Waals surface area contributed by atoms with Gasteiger partial charge in [0.25, 0.3) is 0 Å². The Hall–Kier alpha value is -1.90. The summed E-state index contributed by atoms with van der Waals surface area (Å²) >= 11 is 0. The molecule has 0 spiro atoms. The Balaban J connectivity index is 2.49. The summed E-state index contributed by atoms with van der Waals surface area (Å²) in [5.41, 5.74) is 2.71. The molecule has 1 aromatic heterocycles. The standard InChI is InChI=1S/C11H10N2O/c1-8-5-11(13-12-7-8)9-3-2-4-10(14)6-9/h2-7,14H,1H3. The van der Waals surface area contributed by atoms with Crippen LogP contribution in [-0.4, -0.2) is 15.3 Å². The van der Waals surface area contributed by atoms with Crippen LogP contribution < -0.4 is 0 Å². The summed E-state index contributed by atoms with van der Waals surface area (Å²) in [7, 11) is 0. The van der Waals surface area contributed by atoms with Gasteiger partial charge in [0.2, 0.25) is 0 Å². The highest BCUT2D eigenvalue weighted by Gasteiger charge is 2.00. The van der Waals surface area contributed by atoms with Gasteiger partial charge in [-0.15, -0.1) is 0 Å². The summed E-state index contributed by atoms with van der Waals surface area (Å²) < 4.78 is 0. The first-order valence-electron chi connectivity index (χ1n) is 4.34. The van der Waals surface area contributed by atoms with Crippen LogP contribution in [0.1, 0.15) is 5.56 Å². The van der Waals surface area contributed by atoms with Crippen LogP contribution in [0.15, 0.2) is 36.5 Å². The van der Waals surface area contributed by atoms with Gasteiger partial charge in [-0.1, -0.05) is 12.1 Å². The van der Waals surface area contributed by atoms with E-state index >= 15 is 0 Å². The van der Waals surface area contributed by atoms with E-state index < -0.39 is 0 Å². The van der Waals surface area contributed by atoms with E-state index in [-0.39, 0.29) is 5.75 Å². The number of aromatic nitrogens is 2. The van der Waals surface area contributed by atoms with Crippen molar-refractivity contribution in [3.63, 3.8) is 0 Å². The highest BCUT2D eigenvalue weighted by Crippen LogP contribution is 2.20. The minimum absolute atomic E-state index is 0.241. The lowest BCUT2D eigenvalue weighted by Crippen LogP contribution is -1.87. The number of nitrogens with zero attached hydrogens (tertiary/aromatic N) is 2. The van der Waals surface area contributed by atoms with Gasteiger partial charge in [0, 0.05) is 5.56 Å². The maximum absolute atomic E-state index is 9.30. The molecule has 0 radical (unpaired) electrons. The van der Waals surface area contributed by atoms with Crippen LogP contribution in [0.4, 0.5) is 0 Å². The number of benzene rings is 1. The van der Waals surface area contributed by atoms with Crippen molar-refractivity contribution in [2.45, 2.75) is 6.92 Å². The number of aryl methyl sites for hydroxylation is 1. The molecular weight excluding hydrogens is 176 g/mol. The molecule has 70 valence electrons. The van der Waals surface area contributed by atoms with Crippen molar-refractivity contribution in [1.82, 2.24) is 10.2 Å². The summed E-state index contributed by atoms with van der Waals surface area (Å²) in [6, 6.07) is 8.91. The maximum atomic E-state index is 9.30. The SMILES string of the molecule is Cc1cnnc(-c2cccc(O)c2)c1. The lowest BCUT2D eigenvalue weighted by Gasteiger charge is -2.00. The second kappa shape index (κ2) is 3.46. The molecule has 0 atom stereocenters. The Morgan fingerprint density at radius 1 is 1.21 bits per heavy atom. The lowest BCUT2D eigenvalue weighted by atomic mass is 10.1. The molecule has 14 heavy (non-hydrogen) atoms. The number of hydrogen-bond acceptors (Lipinski definition) is 3. The van der Waals surface area contributed by atoms with Gasteiger partial charge in [-0.25, -0.2) is 0 Å². The lowest BCUT2D eigenvalue weighted by molar-refractivity contribution is 0.475. The Morgan fingerprint density at radius 2 is 2.07 bits per heavy atom. The van der Waals surface area contributed by atoms with E-state index in [4.69, 9.17) is 0 Å². The van der Waals surface area contributed by atoms with Crippen LogP contribution >= 0.6 is 0 Å². The molecular formula is C11H10N2O. The van der Waals surface area contributed by atoms with Crippen LogP contribution in [0, 0.1) is 6.92 Å². The van der Waals surface area contributed by atoms with Crippen molar-refractivity contribution < 1.29 is 5.11 Å². The van der Waals surface area contributed by atoms with Crippen molar-refractivity contribution in [3.8, 4) is 17.0 Å². The molecule has 0 fully saturated rings. The predicted octanol–water partition coefficient (Wildman–Crippen LogP) is 2.16. The Morgan fingerprint density at radius 3 is 2.79 bits per heavy atom. The molecule has 2 aromatic rings. The van der Waals surface area contributed by atoms with E-state index in [2.05, 4.69) is 10.2 Å². The molecule has 0 aliphatic carbocycles. The van der Waals surface area contributed by atoms with Gasteiger partial charge in [-0.2, -0.15) is 10.2 Å². The van der Waals surface area contributed by atoms with Crippen molar-refractivity contribution in [1.29, 1.82) is 0 Å². The largest absolute Gasteiger partial charge is 0.508 e. The quantitative estimate of drug-likeness (QED) is 0.742. The van der Waals surface area contributed by atoms with Gasteiger partial charge in [0.05, 0.1) is 11.9 Å². The van der Waals surface area contributed by atoms with E-state index in [1.54, 1.807) is 24.4 Å². The smallest absolute Gasteiger partial charge is 0.116 e. The summed E-state index contributed by atoms with van der Waals surface area (Å²) in [6.45, 7) is 1.96. The molecule has 2 rings (SSSR count).